The van der Waals surface area contributed by atoms with Crippen LogP contribution in [0.3, 0.4) is 0 Å². The van der Waals surface area contributed by atoms with E-state index in [9.17, 15) is 9.59 Å². The molecule has 0 bridgehead atoms. The van der Waals surface area contributed by atoms with Crippen molar-refractivity contribution in [2.24, 2.45) is 5.92 Å². The van der Waals surface area contributed by atoms with Gasteiger partial charge in [-0.05, 0) is 69.8 Å². The zero-order valence-corrected chi connectivity index (χ0v) is 21.2. The summed E-state index contributed by atoms with van der Waals surface area (Å²) in [5.41, 5.74) is 2.82. The van der Waals surface area contributed by atoms with Gasteiger partial charge in [0.1, 0.15) is 5.82 Å². The fourth-order valence-electron chi connectivity index (χ4n) is 5.15. The summed E-state index contributed by atoms with van der Waals surface area (Å²) in [5, 5.41) is 5.33. The average Bonchev–Trinajstić information content (AvgIpc) is 2.86. The average molecular weight is 479 g/mol. The third-order valence-corrected chi connectivity index (χ3v) is 7.21. The second kappa shape index (κ2) is 11.6. The number of benzene rings is 1. The van der Waals surface area contributed by atoms with Crippen molar-refractivity contribution in [3.63, 3.8) is 0 Å². The molecule has 0 spiro atoms. The molecule has 2 atom stereocenters. The molecule has 35 heavy (non-hydrogen) atoms. The molecule has 3 heterocycles. The van der Waals surface area contributed by atoms with E-state index in [2.05, 4.69) is 36.4 Å². The van der Waals surface area contributed by atoms with E-state index in [0.717, 1.165) is 74.9 Å². The van der Waals surface area contributed by atoms with E-state index in [1.165, 1.54) is 6.42 Å². The van der Waals surface area contributed by atoms with Gasteiger partial charge in [-0.3, -0.25) is 19.9 Å². The number of hydrogen-bond acceptors (Lipinski definition) is 6. The standard InChI is InChI=1S/C27H38N6O2/c1-20-9-10-24(21(2)17-20)29-27(35)30-26(34)22(3)33-12-6-7-23(19-33)18-31-13-15-32(16-14-31)25-8-4-5-11-28-25/h4-5,8-11,17,22-23H,6-7,12-16,18-19H2,1-3H3,(H2,29,30,34,35). The number of hydrogen-bond donors (Lipinski definition) is 2. The number of likely N-dealkylation sites (tertiary alicyclic amines) is 1. The Kier molecular flexibility index (Phi) is 8.36. The fourth-order valence-corrected chi connectivity index (χ4v) is 5.15. The molecule has 0 saturated carbocycles. The molecule has 2 aliphatic rings. The Morgan fingerprint density at radius 3 is 2.60 bits per heavy atom. The predicted octanol–water partition coefficient (Wildman–Crippen LogP) is 3.27. The number of aryl methyl sites for hydroxylation is 2. The molecule has 2 N–H and O–H groups in total. The van der Waals surface area contributed by atoms with Crippen LogP contribution in [0, 0.1) is 19.8 Å². The number of imide groups is 1. The Labute approximate surface area is 208 Å². The molecule has 2 saturated heterocycles. The van der Waals surface area contributed by atoms with Crippen molar-refractivity contribution in [1.29, 1.82) is 0 Å². The van der Waals surface area contributed by atoms with Gasteiger partial charge in [-0.25, -0.2) is 9.78 Å². The van der Waals surface area contributed by atoms with Crippen LogP contribution in [0.5, 0.6) is 0 Å². The fraction of sp³-hybridized carbons (Fsp3) is 0.519. The van der Waals surface area contributed by atoms with Crippen molar-refractivity contribution in [3.05, 3.63) is 53.7 Å². The smallest absolute Gasteiger partial charge is 0.325 e. The van der Waals surface area contributed by atoms with Crippen molar-refractivity contribution in [2.45, 2.75) is 39.7 Å². The summed E-state index contributed by atoms with van der Waals surface area (Å²) in [5.74, 6) is 1.33. The van der Waals surface area contributed by atoms with Gasteiger partial charge in [0.05, 0.1) is 6.04 Å². The molecule has 1 aromatic heterocycles. The highest BCUT2D eigenvalue weighted by Crippen LogP contribution is 2.21. The quantitative estimate of drug-likeness (QED) is 0.663. The molecule has 3 amide bonds. The van der Waals surface area contributed by atoms with Crippen LogP contribution in [0.25, 0.3) is 0 Å². The van der Waals surface area contributed by atoms with E-state index >= 15 is 0 Å². The first-order chi connectivity index (χ1) is 16.9. The van der Waals surface area contributed by atoms with Gasteiger partial charge >= 0.3 is 6.03 Å². The third kappa shape index (κ3) is 6.80. The molecule has 0 aliphatic carbocycles. The lowest BCUT2D eigenvalue weighted by molar-refractivity contribution is -0.125. The number of piperidine rings is 1. The van der Waals surface area contributed by atoms with Crippen molar-refractivity contribution in [1.82, 2.24) is 20.1 Å². The van der Waals surface area contributed by atoms with Crippen LogP contribution in [-0.4, -0.2) is 78.6 Å². The van der Waals surface area contributed by atoms with E-state index in [1.807, 2.05) is 57.3 Å². The molecule has 2 aromatic rings. The summed E-state index contributed by atoms with van der Waals surface area (Å²) in [6, 6.07) is 11.1. The molecule has 8 heteroatoms. The Hall–Kier alpha value is -2.97. The zero-order valence-electron chi connectivity index (χ0n) is 21.2. The minimum atomic E-state index is -0.479. The SMILES string of the molecule is Cc1ccc(NC(=O)NC(=O)C(C)N2CCCC(CN3CCN(c4ccccn4)CC3)C2)c(C)c1. The van der Waals surface area contributed by atoms with Gasteiger partial charge in [-0.15, -0.1) is 0 Å². The lowest BCUT2D eigenvalue weighted by Crippen LogP contribution is -2.53. The lowest BCUT2D eigenvalue weighted by Gasteiger charge is -2.40. The number of pyridine rings is 1. The van der Waals surface area contributed by atoms with Gasteiger partial charge in [0.25, 0.3) is 0 Å². The highest BCUT2D eigenvalue weighted by atomic mass is 16.2. The van der Waals surface area contributed by atoms with Gasteiger partial charge in [0.15, 0.2) is 0 Å². The maximum Gasteiger partial charge on any atom is 0.325 e. The van der Waals surface area contributed by atoms with Crippen molar-refractivity contribution >= 4 is 23.4 Å². The Balaban J connectivity index is 1.23. The Bertz CT molecular complexity index is 1010. The molecule has 0 radical (unpaired) electrons. The van der Waals surface area contributed by atoms with Crippen LogP contribution < -0.4 is 15.5 Å². The Morgan fingerprint density at radius 2 is 1.89 bits per heavy atom. The first-order valence-corrected chi connectivity index (χ1v) is 12.7. The summed E-state index contributed by atoms with van der Waals surface area (Å²) in [7, 11) is 0. The summed E-state index contributed by atoms with van der Waals surface area (Å²) in [6.07, 6.45) is 4.10. The van der Waals surface area contributed by atoms with E-state index < -0.39 is 6.03 Å². The van der Waals surface area contributed by atoms with Crippen LogP contribution in [0.4, 0.5) is 16.3 Å². The normalized spacial score (nSPS) is 20.3. The van der Waals surface area contributed by atoms with Crippen LogP contribution in [-0.2, 0) is 4.79 Å². The molecular weight excluding hydrogens is 440 g/mol. The number of urea groups is 1. The minimum Gasteiger partial charge on any atom is -0.354 e. The first-order valence-electron chi connectivity index (χ1n) is 12.7. The summed E-state index contributed by atoms with van der Waals surface area (Å²) in [6.45, 7) is 12.7. The number of nitrogens with zero attached hydrogens (tertiary/aromatic N) is 4. The molecule has 2 fully saturated rings. The molecule has 2 aliphatic heterocycles. The van der Waals surface area contributed by atoms with Crippen LogP contribution in [0.1, 0.15) is 30.9 Å². The second-order valence-electron chi connectivity index (χ2n) is 9.92. The van der Waals surface area contributed by atoms with Gasteiger partial charge in [0.2, 0.25) is 5.91 Å². The van der Waals surface area contributed by atoms with Gasteiger partial charge < -0.3 is 10.2 Å². The topological polar surface area (TPSA) is 80.8 Å². The molecule has 2 unspecified atom stereocenters. The molecule has 188 valence electrons. The van der Waals surface area contributed by atoms with Crippen LogP contribution in [0.15, 0.2) is 42.6 Å². The summed E-state index contributed by atoms with van der Waals surface area (Å²) < 4.78 is 0. The molecule has 4 rings (SSSR count). The number of piperazine rings is 1. The van der Waals surface area contributed by atoms with Crippen LogP contribution >= 0.6 is 0 Å². The number of carbonyl (C=O) groups is 2. The van der Waals surface area contributed by atoms with Crippen molar-refractivity contribution < 1.29 is 9.59 Å². The number of anilines is 2. The maximum absolute atomic E-state index is 12.8. The van der Waals surface area contributed by atoms with Gasteiger partial charge in [-0.2, -0.15) is 0 Å². The third-order valence-electron chi connectivity index (χ3n) is 7.21. The molecule has 1 aromatic carbocycles. The van der Waals surface area contributed by atoms with Gasteiger partial charge in [-0.1, -0.05) is 23.8 Å². The number of carbonyl (C=O) groups excluding carboxylic acids is 2. The van der Waals surface area contributed by atoms with Crippen LogP contribution in [0.2, 0.25) is 0 Å². The predicted molar refractivity (Wildman–Crippen MR) is 140 cm³/mol. The maximum atomic E-state index is 12.8. The number of aromatic nitrogens is 1. The lowest BCUT2D eigenvalue weighted by atomic mass is 9.96. The number of nitrogens with one attached hydrogen (secondary N) is 2. The molecular formula is C27H38N6O2. The largest absolute Gasteiger partial charge is 0.354 e. The van der Waals surface area contributed by atoms with E-state index in [4.69, 9.17) is 0 Å². The van der Waals surface area contributed by atoms with E-state index in [-0.39, 0.29) is 11.9 Å². The highest BCUT2D eigenvalue weighted by molar-refractivity contribution is 6.03. The van der Waals surface area contributed by atoms with Crippen molar-refractivity contribution in [2.75, 3.05) is 56.0 Å². The number of amides is 3. The summed E-state index contributed by atoms with van der Waals surface area (Å²) in [4.78, 5) is 36.8. The van der Waals surface area contributed by atoms with Crippen molar-refractivity contribution in [3.8, 4) is 0 Å². The summed E-state index contributed by atoms with van der Waals surface area (Å²) >= 11 is 0. The first kappa shape index (κ1) is 25.1. The second-order valence-corrected chi connectivity index (χ2v) is 9.92. The Morgan fingerprint density at radius 1 is 1.09 bits per heavy atom. The van der Waals surface area contributed by atoms with E-state index in [1.54, 1.807) is 0 Å². The number of rotatable bonds is 6. The zero-order chi connectivity index (χ0) is 24.8. The van der Waals surface area contributed by atoms with Gasteiger partial charge in [0, 0.05) is 51.2 Å². The monoisotopic (exact) mass is 478 g/mol. The minimum absolute atomic E-state index is 0.253. The molecule has 8 nitrogen and oxygen atoms in total. The highest BCUT2D eigenvalue weighted by Gasteiger charge is 2.30. The van der Waals surface area contributed by atoms with E-state index in [0.29, 0.717) is 5.92 Å².